The number of carbonyl (C=O) groups is 1. The van der Waals surface area contributed by atoms with Gasteiger partial charge in [0.25, 0.3) is 0 Å². The van der Waals surface area contributed by atoms with Crippen LogP contribution in [-0.2, 0) is 0 Å². The van der Waals surface area contributed by atoms with Crippen molar-refractivity contribution < 1.29 is 9.90 Å². The van der Waals surface area contributed by atoms with Gasteiger partial charge in [-0.3, -0.25) is 5.43 Å². The first kappa shape index (κ1) is 13.8. The van der Waals surface area contributed by atoms with Crippen molar-refractivity contribution >= 4 is 33.6 Å². The zero-order valence-electron chi connectivity index (χ0n) is 10.3. The molecule has 1 aliphatic rings. The van der Waals surface area contributed by atoms with Crippen LogP contribution in [0.3, 0.4) is 0 Å². The van der Waals surface area contributed by atoms with Crippen molar-refractivity contribution in [3.8, 4) is 0 Å². The minimum absolute atomic E-state index is 0.502. The minimum atomic E-state index is -0.858. The summed E-state index contributed by atoms with van der Waals surface area (Å²) in [5.74, 6) is 0.668. The molecule has 1 aromatic rings. The minimum Gasteiger partial charge on any atom is -0.465 e. The highest BCUT2D eigenvalue weighted by Gasteiger charge is 2.16. The number of hydrogen-bond acceptors (Lipinski definition) is 4. The van der Waals surface area contributed by atoms with E-state index < -0.39 is 6.09 Å². The second-order valence-electron chi connectivity index (χ2n) is 4.26. The standard InChI is InChI=1S/C12H15BrN4O2/c13-10-4-1-5-11(14-10)16-15-9-3-2-7-17(8-6-9)12(18)19/h1,4-5H,2-3,6-8H2,(H,14,16)(H,18,19). The molecule has 2 heterocycles. The summed E-state index contributed by atoms with van der Waals surface area (Å²) in [6.07, 6.45) is 1.42. The SMILES string of the molecule is O=C(O)N1CCCC(=NNc2cccc(Br)n2)CC1. The fourth-order valence-electron chi connectivity index (χ4n) is 1.88. The van der Waals surface area contributed by atoms with E-state index in [-0.39, 0.29) is 0 Å². The predicted molar refractivity (Wildman–Crippen MR) is 76.4 cm³/mol. The number of pyridine rings is 1. The molecule has 0 aromatic carbocycles. The maximum atomic E-state index is 10.9. The van der Waals surface area contributed by atoms with E-state index in [0.29, 0.717) is 25.3 Å². The first-order chi connectivity index (χ1) is 9.15. The molecule has 1 fully saturated rings. The average Bonchev–Trinajstić information content (AvgIpc) is 2.62. The van der Waals surface area contributed by atoms with E-state index in [0.717, 1.165) is 23.2 Å². The van der Waals surface area contributed by atoms with E-state index in [1.165, 1.54) is 4.90 Å². The predicted octanol–water partition coefficient (Wildman–Crippen LogP) is 2.78. The first-order valence-corrected chi connectivity index (χ1v) is 6.86. The number of hydrogen-bond donors (Lipinski definition) is 2. The van der Waals surface area contributed by atoms with Crippen LogP contribution in [0.4, 0.5) is 10.6 Å². The van der Waals surface area contributed by atoms with Gasteiger partial charge in [0.05, 0.1) is 0 Å². The van der Waals surface area contributed by atoms with Gasteiger partial charge < -0.3 is 10.0 Å². The van der Waals surface area contributed by atoms with Gasteiger partial charge in [0.15, 0.2) is 0 Å². The summed E-state index contributed by atoms with van der Waals surface area (Å²) in [7, 11) is 0. The quantitative estimate of drug-likeness (QED) is 0.647. The molecule has 1 aromatic heterocycles. The van der Waals surface area contributed by atoms with Crippen LogP contribution in [0, 0.1) is 0 Å². The van der Waals surface area contributed by atoms with Gasteiger partial charge in [-0.2, -0.15) is 5.10 Å². The third-order valence-corrected chi connectivity index (χ3v) is 3.32. The van der Waals surface area contributed by atoms with Crippen molar-refractivity contribution in [2.24, 2.45) is 5.10 Å². The number of nitrogens with one attached hydrogen (secondary N) is 1. The molecule has 0 aliphatic carbocycles. The lowest BCUT2D eigenvalue weighted by Gasteiger charge is -2.14. The van der Waals surface area contributed by atoms with E-state index in [2.05, 4.69) is 31.4 Å². The number of hydrazone groups is 1. The van der Waals surface area contributed by atoms with Crippen molar-refractivity contribution in [2.75, 3.05) is 18.5 Å². The van der Waals surface area contributed by atoms with Crippen LogP contribution in [0.2, 0.25) is 0 Å². The largest absolute Gasteiger partial charge is 0.465 e. The van der Waals surface area contributed by atoms with E-state index in [4.69, 9.17) is 5.11 Å². The Bertz CT molecular complexity index is 492. The van der Waals surface area contributed by atoms with Crippen LogP contribution in [0.5, 0.6) is 0 Å². The maximum absolute atomic E-state index is 10.9. The highest BCUT2D eigenvalue weighted by molar-refractivity contribution is 9.10. The first-order valence-electron chi connectivity index (χ1n) is 6.07. The molecule has 1 amide bonds. The number of carboxylic acid groups (broad SMARTS) is 1. The summed E-state index contributed by atoms with van der Waals surface area (Å²) in [4.78, 5) is 16.5. The van der Waals surface area contributed by atoms with Gasteiger partial charge in [0.1, 0.15) is 10.4 Å². The van der Waals surface area contributed by atoms with E-state index in [9.17, 15) is 4.79 Å². The van der Waals surface area contributed by atoms with Gasteiger partial charge in [0.2, 0.25) is 0 Å². The Morgan fingerprint density at radius 3 is 3.00 bits per heavy atom. The Kier molecular flexibility index (Phi) is 4.73. The van der Waals surface area contributed by atoms with Gasteiger partial charge in [-0.25, -0.2) is 9.78 Å². The Morgan fingerprint density at radius 1 is 1.42 bits per heavy atom. The molecular weight excluding hydrogens is 312 g/mol. The summed E-state index contributed by atoms with van der Waals surface area (Å²) < 4.78 is 0.746. The highest BCUT2D eigenvalue weighted by atomic mass is 79.9. The zero-order chi connectivity index (χ0) is 13.7. The molecule has 1 saturated heterocycles. The van der Waals surface area contributed by atoms with Crippen molar-refractivity contribution in [3.05, 3.63) is 22.8 Å². The number of likely N-dealkylation sites (tertiary alicyclic amines) is 1. The normalized spacial score (nSPS) is 18.2. The Labute approximate surface area is 119 Å². The van der Waals surface area contributed by atoms with Gasteiger partial charge in [-0.15, -0.1) is 0 Å². The Morgan fingerprint density at radius 2 is 2.26 bits per heavy atom. The molecule has 102 valence electrons. The van der Waals surface area contributed by atoms with Gasteiger partial charge in [-0.1, -0.05) is 6.07 Å². The third-order valence-electron chi connectivity index (χ3n) is 2.88. The van der Waals surface area contributed by atoms with Gasteiger partial charge in [0, 0.05) is 25.2 Å². The number of rotatable bonds is 2. The lowest BCUT2D eigenvalue weighted by atomic mass is 10.2. The lowest BCUT2D eigenvalue weighted by molar-refractivity contribution is 0.147. The summed E-state index contributed by atoms with van der Waals surface area (Å²) in [5, 5.41) is 13.3. The molecule has 0 bridgehead atoms. The van der Waals surface area contributed by atoms with Crippen molar-refractivity contribution in [1.29, 1.82) is 0 Å². The number of aromatic nitrogens is 1. The molecular formula is C12H15BrN4O2. The summed E-state index contributed by atoms with van der Waals surface area (Å²) in [6, 6.07) is 5.54. The smallest absolute Gasteiger partial charge is 0.407 e. The van der Waals surface area contributed by atoms with Crippen LogP contribution in [-0.4, -0.2) is 39.9 Å². The summed E-state index contributed by atoms with van der Waals surface area (Å²) >= 11 is 3.29. The molecule has 2 rings (SSSR count). The monoisotopic (exact) mass is 326 g/mol. The summed E-state index contributed by atoms with van der Waals surface area (Å²) in [5.41, 5.74) is 3.89. The lowest BCUT2D eigenvalue weighted by Crippen LogP contribution is -2.30. The second kappa shape index (κ2) is 6.51. The number of amides is 1. The van der Waals surface area contributed by atoms with Crippen molar-refractivity contribution in [1.82, 2.24) is 9.88 Å². The van der Waals surface area contributed by atoms with Crippen LogP contribution < -0.4 is 5.43 Å². The van der Waals surface area contributed by atoms with Crippen molar-refractivity contribution in [2.45, 2.75) is 19.3 Å². The number of halogens is 1. The van der Waals surface area contributed by atoms with Gasteiger partial charge in [-0.05, 0) is 40.9 Å². The molecule has 19 heavy (non-hydrogen) atoms. The molecule has 0 atom stereocenters. The van der Waals surface area contributed by atoms with E-state index in [1.807, 2.05) is 18.2 Å². The highest BCUT2D eigenvalue weighted by Crippen LogP contribution is 2.12. The van der Waals surface area contributed by atoms with Crippen LogP contribution in [0.1, 0.15) is 19.3 Å². The molecule has 6 nitrogen and oxygen atoms in total. The molecule has 7 heteroatoms. The molecule has 0 unspecified atom stereocenters. The molecule has 0 saturated carbocycles. The van der Waals surface area contributed by atoms with E-state index in [1.54, 1.807) is 0 Å². The maximum Gasteiger partial charge on any atom is 0.407 e. The molecule has 2 N–H and O–H groups in total. The Balaban J connectivity index is 1.94. The van der Waals surface area contributed by atoms with Crippen LogP contribution >= 0.6 is 15.9 Å². The molecule has 0 radical (unpaired) electrons. The number of nitrogens with zero attached hydrogens (tertiary/aromatic N) is 3. The average molecular weight is 327 g/mol. The van der Waals surface area contributed by atoms with Crippen LogP contribution in [0.25, 0.3) is 0 Å². The third kappa shape index (κ3) is 4.20. The van der Waals surface area contributed by atoms with Gasteiger partial charge >= 0.3 is 6.09 Å². The van der Waals surface area contributed by atoms with Crippen molar-refractivity contribution in [3.63, 3.8) is 0 Å². The second-order valence-corrected chi connectivity index (χ2v) is 5.07. The topological polar surface area (TPSA) is 77.8 Å². The summed E-state index contributed by atoms with van der Waals surface area (Å²) in [6.45, 7) is 1.07. The fraction of sp³-hybridized carbons (Fsp3) is 0.417. The van der Waals surface area contributed by atoms with E-state index >= 15 is 0 Å². The van der Waals surface area contributed by atoms with Crippen LogP contribution in [0.15, 0.2) is 27.9 Å². The molecule has 1 aliphatic heterocycles. The molecule has 0 spiro atoms. The fourth-order valence-corrected chi connectivity index (χ4v) is 2.23. The zero-order valence-corrected chi connectivity index (χ0v) is 11.9. The number of anilines is 1. The Hall–Kier alpha value is -1.63.